The minimum atomic E-state index is -0.831. The van der Waals surface area contributed by atoms with Crippen LogP contribution in [0.2, 0.25) is 6.32 Å². The number of Topliss-reactive ketones (excluding diaryl/α,β-unsaturated/α-hetero) is 1. The number of esters is 1. The Morgan fingerprint density at radius 3 is 2.00 bits per heavy atom. The van der Waals surface area contributed by atoms with E-state index in [1.165, 1.54) is 0 Å². The molecule has 1 aliphatic heterocycles. The van der Waals surface area contributed by atoms with E-state index in [1.807, 2.05) is 27.7 Å². The Bertz CT molecular complexity index is 308. The summed E-state index contributed by atoms with van der Waals surface area (Å²) in [4.78, 5) is 22.6. The monoisotopic (exact) mass is 242 g/mol. The summed E-state index contributed by atoms with van der Waals surface area (Å²) in [5, 5.41) is 0. The molecule has 0 bridgehead atoms. The Morgan fingerprint density at radius 2 is 1.59 bits per heavy atom. The highest BCUT2D eigenvalue weighted by Crippen LogP contribution is 2.37. The Kier molecular flexibility index (Phi) is 3.99. The number of rotatable bonds is 4. The molecule has 0 aliphatic carbocycles. The Morgan fingerprint density at radius 1 is 1.12 bits per heavy atom. The molecule has 0 aromatic heterocycles. The maximum Gasteiger partial charge on any atom is 0.466 e. The van der Waals surface area contributed by atoms with Gasteiger partial charge in [0.1, 0.15) is 0 Å². The first-order valence-electron chi connectivity index (χ1n) is 5.75. The molecule has 1 aliphatic rings. The zero-order valence-corrected chi connectivity index (χ0v) is 11.0. The van der Waals surface area contributed by atoms with Gasteiger partial charge in [0.15, 0.2) is 0 Å². The van der Waals surface area contributed by atoms with Crippen LogP contribution in [0.25, 0.3) is 0 Å². The summed E-state index contributed by atoms with van der Waals surface area (Å²) in [6.07, 6.45) is -0.105. The largest absolute Gasteiger partial charge is 0.466 e. The van der Waals surface area contributed by atoms with Crippen LogP contribution in [0.1, 0.15) is 34.6 Å². The van der Waals surface area contributed by atoms with Crippen molar-refractivity contribution in [2.45, 2.75) is 52.1 Å². The van der Waals surface area contributed by atoms with Gasteiger partial charge in [0.2, 0.25) is 5.78 Å². The van der Waals surface area contributed by atoms with Crippen molar-refractivity contribution in [2.24, 2.45) is 0 Å². The van der Waals surface area contributed by atoms with Gasteiger partial charge in [-0.2, -0.15) is 0 Å². The number of carbonyl (C=O) groups is 2. The van der Waals surface area contributed by atoms with E-state index in [0.29, 0.717) is 0 Å². The van der Waals surface area contributed by atoms with Gasteiger partial charge in [-0.05, 0) is 34.6 Å². The van der Waals surface area contributed by atoms with Gasteiger partial charge in [-0.1, -0.05) is 0 Å². The lowest BCUT2D eigenvalue weighted by Gasteiger charge is -2.32. The van der Waals surface area contributed by atoms with Crippen LogP contribution in [-0.2, 0) is 23.6 Å². The summed E-state index contributed by atoms with van der Waals surface area (Å²) in [5.41, 5.74) is -0.987. The van der Waals surface area contributed by atoms with Crippen LogP contribution in [0, 0.1) is 0 Å². The third kappa shape index (κ3) is 3.07. The number of ketones is 1. The van der Waals surface area contributed by atoms with Gasteiger partial charge in [-0.15, -0.1) is 0 Å². The molecule has 0 unspecified atom stereocenters. The van der Waals surface area contributed by atoms with E-state index >= 15 is 0 Å². The van der Waals surface area contributed by atoms with E-state index in [2.05, 4.69) is 4.74 Å². The molecule has 17 heavy (non-hydrogen) atoms. The summed E-state index contributed by atoms with van der Waals surface area (Å²) < 4.78 is 15.8. The summed E-state index contributed by atoms with van der Waals surface area (Å²) >= 11 is 0. The number of hydrogen-bond acceptors (Lipinski definition) is 5. The van der Waals surface area contributed by atoms with E-state index < -0.39 is 30.1 Å². The quantitative estimate of drug-likeness (QED) is 0.421. The van der Waals surface area contributed by atoms with E-state index in [1.54, 1.807) is 6.92 Å². The second-order valence-corrected chi connectivity index (χ2v) is 5.03. The average Bonchev–Trinajstić information content (AvgIpc) is 2.35. The van der Waals surface area contributed by atoms with Crippen LogP contribution in [0.4, 0.5) is 0 Å². The van der Waals surface area contributed by atoms with Gasteiger partial charge in [-0.25, -0.2) is 4.79 Å². The molecule has 6 heteroatoms. The SMILES string of the molecule is CCOC(=O)C(=O)CB1OC(C)(C)C(C)(C)O1. The Balaban J connectivity index is 2.56. The molecule has 1 saturated heterocycles. The fourth-order valence-corrected chi connectivity index (χ4v) is 1.49. The molecule has 0 saturated carbocycles. The molecule has 5 nitrogen and oxygen atoms in total. The van der Waals surface area contributed by atoms with Crippen molar-refractivity contribution in [1.29, 1.82) is 0 Å². The van der Waals surface area contributed by atoms with E-state index in [-0.39, 0.29) is 12.9 Å². The second-order valence-electron chi connectivity index (χ2n) is 5.03. The lowest BCUT2D eigenvalue weighted by molar-refractivity contribution is -0.152. The second kappa shape index (κ2) is 4.78. The van der Waals surface area contributed by atoms with Crippen molar-refractivity contribution in [2.75, 3.05) is 6.61 Å². The molecule has 1 rings (SSSR count). The molecule has 0 amide bonds. The van der Waals surface area contributed by atoms with Gasteiger partial charge in [0.05, 0.1) is 24.1 Å². The van der Waals surface area contributed by atoms with Crippen LogP contribution in [0.15, 0.2) is 0 Å². The normalized spacial score (nSPS) is 21.4. The first kappa shape index (κ1) is 14.2. The fourth-order valence-electron chi connectivity index (χ4n) is 1.49. The molecule has 1 heterocycles. The Hall–Kier alpha value is -0.875. The average molecular weight is 242 g/mol. The highest BCUT2D eigenvalue weighted by Gasteiger charge is 2.51. The molecule has 0 spiro atoms. The summed E-state index contributed by atoms with van der Waals surface area (Å²) in [6.45, 7) is 9.40. The van der Waals surface area contributed by atoms with Crippen molar-refractivity contribution in [3.63, 3.8) is 0 Å². The standard InChI is InChI=1S/C11H19BO5/c1-6-15-9(14)8(13)7-12-16-10(2,3)11(4,5)17-12/h6-7H2,1-5H3. The number of ether oxygens (including phenoxy) is 1. The summed E-state index contributed by atoms with van der Waals surface area (Å²) in [7, 11) is -0.683. The van der Waals surface area contributed by atoms with Gasteiger partial charge >= 0.3 is 13.1 Å². The molecule has 0 radical (unpaired) electrons. The highest BCUT2D eigenvalue weighted by atomic mass is 16.7. The molecule has 0 aromatic carbocycles. The van der Waals surface area contributed by atoms with Crippen molar-refractivity contribution < 1.29 is 23.6 Å². The molecule has 0 atom stereocenters. The zero-order valence-electron chi connectivity index (χ0n) is 11.0. The number of carbonyl (C=O) groups excluding carboxylic acids is 2. The lowest BCUT2D eigenvalue weighted by atomic mass is 9.82. The molecular weight excluding hydrogens is 223 g/mol. The summed E-state index contributed by atoms with van der Waals surface area (Å²) in [6, 6.07) is 0. The van der Waals surface area contributed by atoms with Gasteiger partial charge in [0.25, 0.3) is 0 Å². The molecular formula is C11H19BO5. The van der Waals surface area contributed by atoms with Crippen LogP contribution >= 0.6 is 0 Å². The van der Waals surface area contributed by atoms with E-state index in [4.69, 9.17) is 9.31 Å². The van der Waals surface area contributed by atoms with Crippen molar-refractivity contribution in [1.82, 2.24) is 0 Å². The van der Waals surface area contributed by atoms with E-state index in [9.17, 15) is 9.59 Å². The third-order valence-electron chi connectivity index (χ3n) is 3.16. The maximum absolute atomic E-state index is 11.5. The van der Waals surface area contributed by atoms with Crippen molar-refractivity contribution in [3.05, 3.63) is 0 Å². The van der Waals surface area contributed by atoms with Gasteiger partial charge < -0.3 is 14.0 Å². The van der Waals surface area contributed by atoms with Crippen molar-refractivity contribution >= 4 is 18.9 Å². The van der Waals surface area contributed by atoms with Crippen LogP contribution in [-0.4, -0.2) is 36.7 Å². The summed E-state index contributed by atoms with van der Waals surface area (Å²) in [5.74, 6) is -1.45. The van der Waals surface area contributed by atoms with E-state index in [0.717, 1.165) is 0 Å². The molecule has 0 aromatic rings. The van der Waals surface area contributed by atoms with Crippen LogP contribution in [0.5, 0.6) is 0 Å². The third-order valence-corrected chi connectivity index (χ3v) is 3.16. The lowest BCUT2D eigenvalue weighted by Crippen LogP contribution is -2.41. The topological polar surface area (TPSA) is 61.8 Å². The molecule has 1 fully saturated rings. The fraction of sp³-hybridized carbons (Fsp3) is 0.818. The predicted octanol–water partition coefficient (Wildman–Crippen LogP) is 1.21. The minimum absolute atomic E-state index is 0.105. The highest BCUT2D eigenvalue weighted by molar-refractivity contribution is 6.56. The van der Waals surface area contributed by atoms with Gasteiger partial charge in [-0.3, -0.25) is 4.79 Å². The van der Waals surface area contributed by atoms with Gasteiger partial charge in [0, 0.05) is 0 Å². The molecule has 0 N–H and O–H groups in total. The first-order valence-corrected chi connectivity index (χ1v) is 5.75. The Labute approximate surface area is 102 Å². The maximum atomic E-state index is 11.5. The van der Waals surface area contributed by atoms with Crippen molar-refractivity contribution in [3.8, 4) is 0 Å². The zero-order chi connectivity index (χ0) is 13.3. The predicted molar refractivity (Wildman–Crippen MR) is 62.5 cm³/mol. The molecule has 96 valence electrons. The van der Waals surface area contributed by atoms with Crippen LogP contribution in [0.3, 0.4) is 0 Å². The smallest absolute Gasteiger partial charge is 0.460 e. The van der Waals surface area contributed by atoms with Crippen LogP contribution < -0.4 is 0 Å². The minimum Gasteiger partial charge on any atom is -0.460 e. The first-order chi connectivity index (χ1) is 7.69. The number of hydrogen-bond donors (Lipinski definition) is 0.